The van der Waals surface area contributed by atoms with Crippen LogP contribution in [-0.4, -0.2) is 24.2 Å². The van der Waals surface area contributed by atoms with Crippen molar-refractivity contribution in [1.29, 1.82) is 0 Å². The molecule has 18 heavy (non-hydrogen) atoms. The summed E-state index contributed by atoms with van der Waals surface area (Å²) in [5.74, 6) is 1.69. The summed E-state index contributed by atoms with van der Waals surface area (Å²) in [6, 6.07) is 5.81. The van der Waals surface area contributed by atoms with Gasteiger partial charge in [-0.3, -0.25) is 0 Å². The molecule has 1 rings (SSSR count). The molecule has 0 heterocycles. The van der Waals surface area contributed by atoms with E-state index in [1.54, 1.807) is 6.08 Å². The van der Waals surface area contributed by atoms with Crippen LogP contribution in [0, 0.1) is 19.3 Å². The topological polar surface area (TPSA) is 40.5 Å². The number of benzene rings is 1. The predicted molar refractivity (Wildman–Crippen MR) is 74.6 cm³/mol. The number of hydrogen-bond acceptors (Lipinski definition) is 2. The highest BCUT2D eigenvalue weighted by atomic mass is 16.4. The summed E-state index contributed by atoms with van der Waals surface area (Å²) in [6.07, 6.45) is 8.05. The fourth-order valence-corrected chi connectivity index (χ4v) is 1.78. The SMILES string of the molecule is C#CCN(CC)c1ccc(/C=C/C(=O)O)cc1C. The van der Waals surface area contributed by atoms with Crippen molar-refractivity contribution >= 4 is 17.7 Å². The van der Waals surface area contributed by atoms with Gasteiger partial charge in [-0.2, -0.15) is 0 Å². The average molecular weight is 243 g/mol. The van der Waals surface area contributed by atoms with Crippen molar-refractivity contribution in [3.8, 4) is 12.3 Å². The molecule has 3 nitrogen and oxygen atoms in total. The smallest absolute Gasteiger partial charge is 0.328 e. The molecule has 0 radical (unpaired) electrons. The summed E-state index contributed by atoms with van der Waals surface area (Å²) in [5.41, 5.74) is 3.04. The Balaban J connectivity index is 2.99. The highest BCUT2D eigenvalue weighted by Gasteiger charge is 2.06. The van der Waals surface area contributed by atoms with E-state index in [2.05, 4.69) is 17.7 Å². The largest absolute Gasteiger partial charge is 0.478 e. The fourth-order valence-electron chi connectivity index (χ4n) is 1.78. The molecule has 0 aliphatic carbocycles. The first-order valence-electron chi connectivity index (χ1n) is 5.78. The van der Waals surface area contributed by atoms with Gasteiger partial charge in [0.25, 0.3) is 0 Å². The molecule has 0 aromatic heterocycles. The average Bonchev–Trinajstić information content (AvgIpc) is 2.34. The molecular formula is C15H17NO2. The van der Waals surface area contributed by atoms with Crippen LogP contribution in [-0.2, 0) is 4.79 Å². The van der Waals surface area contributed by atoms with E-state index in [-0.39, 0.29) is 0 Å². The Morgan fingerprint density at radius 2 is 2.28 bits per heavy atom. The van der Waals surface area contributed by atoms with Crippen molar-refractivity contribution in [2.24, 2.45) is 0 Å². The van der Waals surface area contributed by atoms with Gasteiger partial charge < -0.3 is 10.0 Å². The standard InChI is InChI=1S/C15H17NO2/c1-4-10-16(5-2)14-8-6-13(11-12(14)3)7-9-15(17)18/h1,6-9,11H,5,10H2,2-3H3,(H,17,18)/b9-7+. The van der Waals surface area contributed by atoms with Gasteiger partial charge in [-0.15, -0.1) is 6.42 Å². The minimum Gasteiger partial charge on any atom is -0.478 e. The molecule has 0 amide bonds. The van der Waals surface area contributed by atoms with E-state index in [0.717, 1.165) is 29.4 Å². The molecule has 0 aliphatic rings. The first-order chi connectivity index (χ1) is 8.58. The quantitative estimate of drug-likeness (QED) is 0.638. The summed E-state index contributed by atoms with van der Waals surface area (Å²) in [4.78, 5) is 12.5. The van der Waals surface area contributed by atoms with E-state index in [9.17, 15) is 4.79 Å². The third-order valence-electron chi connectivity index (χ3n) is 2.64. The van der Waals surface area contributed by atoms with Crippen molar-refractivity contribution in [3.63, 3.8) is 0 Å². The molecule has 0 bridgehead atoms. The number of carbonyl (C=O) groups is 1. The molecule has 1 N–H and O–H groups in total. The first-order valence-corrected chi connectivity index (χ1v) is 5.78. The van der Waals surface area contributed by atoms with Crippen LogP contribution in [0.25, 0.3) is 6.08 Å². The number of aliphatic carboxylic acids is 1. The second-order valence-electron chi connectivity index (χ2n) is 3.94. The Labute approximate surface area is 108 Å². The molecular weight excluding hydrogens is 226 g/mol. The molecule has 3 heteroatoms. The molecule has 0 saturated heterocycles. The maximum absolute atomic E-state index is 10.4. The molecule has 0 unspecified atom stereocenters. The lowest BCUT2D eigenvalue weighted by molar-refractivity contribution is -0.131. The van der Waals surface area contributed by atoms with E-state index in [0.29, 0.717) is 6.54 Å². The molecule has 1 aromatic carbocycles. The van der Waals surface area contributed by atoms with Crippen molar-refractivity contribution < 1.29 is 9.90 Å². The van der Waals surface area contributed by atoms with Crippen LogP contribution in [0.3, 0.4) is 0 Å². The number of rotatable bonds is 5. The summed E-state index contributed by atoms with van der Waals surface area (Å²) in [7, 11) is 0. The van der Waals surface area contributed by atoms with E-state index < -0.39 is 5.97 Å². The monoisotopic (exact) mass is 243 g/mol. The van der Waals surface area contributed by atoms with E-state index >= 15 is 0 Å². The van der Waals surface area contributed by atoms with Gasteiger partial charge in [0.05, 0.1) is 6.54 Å². The van der Waals surface area contributed by atoms with Crippen LogP contribution in [0.2, 0.25) is 0 Å². The van der Waals surface area contributed by atoms with Gasteiger partial charge in [0, 0.05) is 18.3 Å². The van der Waals surface area contributed by atoms with Crippen LogP contribution in [0.5, 0.6) is 0 Å². The summed E-state index contributed by atoms with van der Waals surface area (Å²) in [5, 5.41) is 8.58. The highest BCUT2D eigenvalue weighted by Crippen LogP contribution is 2.21. The lowest BCUT2D eigenvalue weighted by Gasteiger charge is -2.22. The Morgan fingerprint density at radius 3 is 2.78 bits per heavy atom. The maximum Gasteiger partial charge on any atom is 0.328 e. The number of carboxylic acid groups (broad SMARTS) is 1. The number of nitrogens with zero attached hydrogens (tertiary/aromatic N) is 1. The van der Waals surface area contributed by atoms with E-state index in [1.807, 2.05) is 25.1 Å². The number of hydrogen-bond donors (Lipinski definition) is 1. The Hall–Kier alpha value is -2.21. The lowest BCUT2D eigenvalue weighted by atomic mass is 10.1. The first kappa shape index (κ1) is 13.9. The molecule has 0 spiro atoms. The van der Waals surface area contributed by atoms with Gasteiger partial charge in [0.15, 0.2) is 0 Å². The van der Waals surface area contributed by atoms with Gasteiger partial charge in [-0.05, 0) is 43.2 Å². The molecule has 0 saturated carbocycles. The normalized spacial score (nSPS) is 10.3. The zero-order valence-electron chi connectivity index (χ0n) is 10.7. The zero-order valence-corrected chi connectivity index (χ0v) is 10.7. The van der Waals surface area contributed by atoms with Gasteiger partial charge >= 0.3 is 5.97 Å². The summed E-state index contributed by atoms with van der Waals surface area (Å²) >= 11 is 0. The van der Waals surface area contributed by atoms with Gasteiger partial charge in [-0.25, -0.2) is 4.79 Å². The van der Waals surface area contributed by atoms with Crippen LogP contribution in [0.1, 0.15) is 18.1 Å². The molecule has 0 atom stereocenters. The van der Waals surface area contributed by atoms with Crippen molar-refractivity contribution in [1.82, 2.24) is 0 Å². The maximum atomic E-state index is 10.4. The summed E-state index contributed by atoms with van der Waals surface area (Å²) in [6.45, 7) is 5.46. The Morgan fingerprint density at radius 1 is 1.56 bits per heavy atom. The number of anilines is 1. The van der Waals surface area contributed by atoms with Gasteiger partial charge in [-0.1, -0.05) is 12.0 Å². The minimum absolute atomic E-state index is 0.571. The van der Waals surface area contributed by atoms with Crippen LogP contribution >= 0.6 is 0 Å². The molecule has 1 aromatic rings. The molecule has 94 valence electrons. The van der Waals surface area contributed by atoms with Crippen LogP contribution in [0.15, 0.2) is 24.3 Å². The molecule has 0 aliphatic heterocycles. The second kappa shape index (κ2) is 6.51. The van der Waals surface area contributed by atoms with Gasteiger partial charge in [0.1, 0.15) is 0 Å². The third kappa shape index (κ3) is 3.67. The van der Waals surface area contributed by atoms with E-state index in [4.69, 9.17) is 11.5 Å². The zero-order chi connectivity index (χ0) is 13.5. The van der Waals surface area contributed by atoms with Crippen molar-refractivity contribution in [3.05, 3.63) is 35.4 Å². The number of carboxylic acids is 1. The highest BCUT2D eigenvalue weighted by molar-refractivity contribution is 5.85. The van der Waals surface area contributed by atoms with Crippen molar-refractivity contribution in [2.75, 3.05) is 18.0 Å². The predicted octanol–water partition coefficient (Wildman–Crippen LogP) is 2.55. The minimum atomic E-state index is -0.945. The van der Waals surface area contributed by atoms with E-state index in [1.165, 1.54) is 0 Å². The van der Waals surface area contributed by atoms with Crippen LogP contribution < -0.4 is 4.90 Å². The Kier molecular flexibility index (Phi) is 5.01. The second-order valence-corrected chi connectivity index (χ2v) is 3.94. The van der Waals surface area contributed by atoms with Crippen molar-refractivity contribution in [2.45, 2.75) is 13.8 Å². The number of terminal acetylenes is 1. The summed E-state index contributed by atoms with van der Waals surface area (Å²) < 4.78 is 0. The van der Waals surface area contributed by atoms with Crippen LogP contribution in [0.4, 0.5) is 5.69 Å². The third-order valence-corrected chi connectivity index (χ3v) is 2.64. The molecule has 0 fully saturated rings. The number of aryl methyl sites for hydroxylation is 1. The lowest BCUT2D eigenvalue weighted by Crippen LogP contribution is -2.23. The van der Waals surface area contributed by atoms with Gasteiger partial charge in [0.2, 0.25) is 0 Å². The Bertz CT molecular complexity index is 498. The fraction of sp³-hybridized carbons (Fsp3) is 0.267.